The summed E-state index contributed by atoms with van der Waals surface area (Å²) in [7, 11) is 0. The van der Waals surface area contributed by atoms with Crippen molar-refractivity contribution in [2.45, 2.75) is 51.9 Å². The minimum Gasteiger partial charge on any atom is -0.335 e. The van der Waals surface area contributed by atoms with Crippen LogP contribution >= 0.6 is 0 Å². The second-order valence-corrected chi connectivity index (χ2v) is 6.34. The lowest BCUT2D eigenvalue weighted by Crippen LogP contribution is -2.19. The van der Waals surface area contributed by atoms with E-state index in [4.69, 9.17) is 4.98 Å². The lowest BCUT2D eigenvalue weighted by atomic mass is 9.91. The van der Waals surface area contributed by atoms with Gasteiger partial charge in [0.2, 0.25) is 0 Å². The second kappa shape index (κ2) is 6.99. The molecule has 0 aromatic carbocycles. The highest BCUT2D eigenvalue weighted by Crippen LogP contribution is 2.30. The van der Waals surface area contributed by atoms with Gasteiger partial charge in [-0.25, -0.2) is 4.98 Å². The predicted octanol–water partition coefficient (Wildman–Crippen LogP) is 3.24. The number of pyridine rings is 1. The molecule has 0 saturated carbocycles. The van der Waals surface area contributed by atoms with E-state index in [1.54, 1.807) is 0 Å². The first-order chi connectivity index (χ1) is 11.7. The zero-order chi connectivity index (χ0) is 17.1. The van der Waals surface area contributed by atoms with Gasteiger partial charge in [0.15, 0.2) is 5.82 Å². The highest BCUT2D eigenvalue weighted by molar-refractivity contribution is 5.81. The highest BCUT2D eigenvalue weighted by atomic mass is 15.1. The number of hydrogen-bond donors (Lipinski definition) is 2. The molecule has 126 valence electrons. The molecule has 1 unspecified atom stereocenters. The van der Waals surface area contributed by atoms with Crippen LogP contribution in [0.4, 0.5) is 0 Å². The number of unbranched alkanes of at least 4 members (excludes halogenated alkanes) is 2. The normalized spacial score (nSPS) is 12.8. The molecule has 0 bridgehead atoms. The van der Waals surface area contributed by atoms with Gasteiger partial charge in [0, 0.05) is 17.0 Å². The Kier molecular flexibility index (Phi) is 4.79. The average Bonchev–Trinajstić information content (AvgIpc) is 3.15. The largest absolute Gasteiger partial charge is 0.335 e. The molecule has 24 heavy (non-hydrogen) atoms. The molecule has 0 aliphatic heterocycles. The molecular formula is C19H25N5. The number of aromatic amines is 2. The van der Waals surface area contributed by atoms with Gasteiger partial charge in [-0.05, 0) is 18.8 Å². The number of H-pyrrole nitrogens is 2. The molecule has 0 spiro atoms. The Morgan fingerprint density at radius 1 is 1.17 bits per heavy atom. The van der Waals surface area contributed by atoms with Gasteiger partial charge in [0.1, 0.15) is 5.69 Å². The van der Waals surface area contributed by atoms with Gasteiger partial charge in [-0.2, -0.15) is 5.10 Å². The van der Waals surface area contributed by atoms with Crippen LogP contribution in [-0.4, -0.2) is 25.1 Å². The molecule has 3 aromatic heterocycles. The minimum atomic E-state index is 0.491. The van der Waals surface area contributed by atoms with E-state index in [1.165, 1.54) is 31.2 Å². The van der Waals surface area contributed by atoms with Crippen LogP contribution in [0, 0.1) is 0 Å². The summed E-state index contributed by atoms with van der Waals surface area (Å²) < 4.78 is 0. The maximum atomic E-state index is 4.81. The fourth-order valence-electron chi connectivity index (χ4n) is 3.18. The van der Waals surface area contributed by atoms with Crippen molar-refractivity contribution in [1.82, 2.24) is 25.1 Å². The van der Waals surface area contributed by atoms with E-state index >= 15 is 0 Å². The molecule has 0 aliphatic rings. The molecule has 1 atom stereocenters. The summed E-state index contributed by atoms with van der Waals surface area (Å²) in [4.78, 5) is 12.6. The molecule has 0 amide bonds. The van der Waals surface area contributed by atoms with Gasteiger partial charge in [0.25, 0.3) is 0 Å². The monoisotopic (exact) mass is 323 g/mol. The van der Waals surface area contributed by atoms with E-state index in [1.807, 2.05) is 12.4 Å². The molecule has 0 fully saturated rings. The first-order valence-electron chi connectivity index (χ1n) is 8.71. The average molecular weight is 323 g/mol. The molecule has 5 nitrogen and oxygen atoms in total. The topological polar surface area (TPSA) is 70.2 Å². The molecule has 0 saturated heterocycles. The third-order valence-corrected chi connectivity index (χ3v) is 4.69. The van der Waals surface area contributed by atoms with E-state index in [0.29, 0.717) is 5.92 Å². The van der Waals surface area contributed by atoms with Gasteiger partial charge in [-0.15, -0.1) is 0 Å². The van der Waals surface area contributed by atoms with Crippen molar-refractivity contribution in [3.05, 3.63) is 28.5 Å². The van der Waals surface area contributed by atoms with Gasteiger partial charge < -0.3 is 4.98 Å². The summed E-state index contributed by atoms with van der Waals surface area (Å²) in [6, 6.07) is 0. The van der Waals surface area contributed by atoms with Crippen LogP contribution in [0.5, 0.6) is 0 Å². The maximum absolute atomic E-state index is 4.81. The Hall–Kier alpha value is -2.43. The Morgan fingerprint density at radius 2 is 2.00 bits per heavy atom. The number of imidazole rings is 1. The Balaban J connectivity index is 2.02. The van der Waals surface area contributed by atoms with Crippen molar-refractivity contribution in [1.29, 1.82) is 0 Å². The smallest absolute Gasteiger partial charge is 0.159 e. The van der Waals surface area contributed by atoms with E-state index in [-0.39, 0.29) is 0 Å². The van der Waals surface area contributed by atoms with Crippen LogP contribution in [0.15, 0.2) is 12.4 Å². The number of rotatable bonds is 7. The highest BCUT2D eigenvalue weighted by Gasteiger charge is 2.17. The predicted molar refractivity (Wildman–Crippen MR) is 98.9 cm³/mol. The lowest BCUT2D eigenvalue weighted by molar-refractivity contribution is 0.554. The Bertz CT molecular complexity index is 921. The molecular weight excluding hydrogens is 298 g/mol. The zero-order valence-corrected chi connectivity index (χ0v) is 14.5. The van der Waals surface area contributed by atoms with E-state index in [0.717, 1.165) is 39.5 Å². The first kappa shape index (κ1) is 16.4. The van der Waals surface area contributed by atoms with Gasteiger partial charge in [-0.1, -0.05) is 46.3 Å². The van der Waals surface area contributed by atoms with Crippen molar-refractivity contribution < 1.29 is 0 Å². The van der Waals surface area contributed by atoms with Crippen LogP contribution in [-0.2, 0) is 0 Å². The summed E-state index contributed by atoms with van der Waals surface area (Å²) >= 11 is 0. The summed E-state index contributed by atoms with van der Waals surface area (Å²) in [6.07, 6.45) is 9.83. The van der Waals surface area contributed by atoms with Gasteiger partial charge >= 0.3 is 0 Å². The van der Waals surface area contributed by atoms with Crippen molar-refractivity contribution in [2.75, 3.05) is 0 Å². The van der Waals surface area contributed by atoms with Crippen molar-refractivity contribution >= 4 is 24.2 Å². The molecule has 2 N–H and O–H groups in total. The number of fused-ring (bicyclic) bond motifs is 1. The first-order valence-corrected chi connectivity index (χ1v) is 8.71. The van der Waals surface area contributed by atoms with E-state index in [2.05, 4.69) is 47.2 Å². The quantitative estimate of drug-likeness (QED) is 0.656. The fourth-order valence-corrected chi connectivity index (χ4v) is 3.18. The summed E-state index contributed by atoms with van der Waals surface area (Å²) in [5, 5.41) is 8.63. The zero-order valence-electron chi connectivity index (χ0n) is 14.5. The molecule has 0 radical (unpaired) electrons. The summed E-state index contributed by atoms with van der Waals surface area (Å²) in [6.45, 7) is 12.4. The Morgan fingerprint density at radius 3 is 2.67 bits per heavy atom. The molecule has 3 heterocycles. The van der Waals surface area contributed by atoms with Crippen LogP contribution in [0.3, 0.4) is 0 Å². The van der Waals surface area contributed by atoms with Crippen LogP contribution < -0.4 is 10.6 Å². The number of hydrogen-bond acceptors (Lipinski definition) is 3. The number of nitrogens with one attached hydrogen (secondary N) is 2. The maximum Gasteiger partial charge on any atom is 0.159 e. The molecule has 5 heteroatoms. The third kappa shape index (κ3) is 2.98. The van der Waals surface area contributed by atoms with Crippen LogP contribution in [0.1, 0.15) is 57.4 Å². The number of nitrogens with zero attached hydrogens (tertiary/aromatic N) is 3. The van der Waals surface area contributed by atoms with Crippen LogP contribution in [0.2, 0.25) is 0 Å². The molecule has 3 rings (SSSR count). The molecule has 3 aromatic rings. The van der Waals surface area contributed by atoms with Gasteiger partial charge in [0.05, 0.1) is 22.6 Å². The SMILES string of the molecule is C=c1[nH]nc(-c2nc3c(C(CC)CCCCC)cncc3[nH]2)c1=C. The van der Waals surface area contributed by atoms with Crippen LogP contribution in [0.25, 0.3) is 35.7 Å². The van der Waals surface area contributed by atoms with Crippen molar-refractivity contribution in [3.63, 3.8) is 0 Å². The standard InChI is InChI=1S/C19H25N5/c1-5-7-8-9-14(6-2)15-10-20-11-16-18(15)22-19(21-16)17-12(3)13(4)23-24-17/h10-11,14,23H,3-9H2,1-2H3,(H,21,22). The van der Waals surface area contributed by atoms with E-state index < -0.39 is 0 Å². The Labute approximate surface area is 141 Å². The van der Waals surface area contributed by atoms with E-state index in [9.17, 15) is 0 Å². The van der Waals surface area contributed by atoms with Gasteiger partial charge in [-0.3, -0.25) is 10.1 Å². The summed E-state index contributed by atoms with van der Waals surface area (Å²) in [5.41, 5.74) is 3.89. The lowest BCUT2D eigenvalue weighted by Gasteiger charge is -2.15. The number of aromatic nitrogens is 5. The second-order valence-electron chi connectivity index (χ2n) is 6.34. The molecule has 0 aliphatic carbocycles. The van der Waals surface area contributed by atoms with Crippen molar-refractivity contribution in [2.24, 2.45) is 0 Å². The minimum absolute atomic E-state index is 0.491. The fraction of sp³-hybridized carbons (Fsp3) is 0.421. The third-order valence-electron chi connectivity index (χ3n) is 4.69. The summed E-state index contributed by atoms with van der Waals surface area (Å²) in [5.74, 6) is 1.21. The van der Waals surface area contributed by atoms with Crippen molar-refractivity contribution in [3.8, 4) is 11.5 Å².